The van der Waals surface area contributed by atoms with Crippen LogP contribution in [0.25, 0.3) is 0 Å². The average Bonchev–Trinajstić information content (AvgIpc) is 2.12. The van der Waals surface area contributed by atoms with Gasteiger partial charge in [0.2, 0.25) is 0 Å². The molecule has 0 aliphatic carbocycles. The van der Waals surface area contributed by atoms with Gasteiger partial charge in [-0.15, -0.1) is 0 Å². The molecule has 0 fully saturated rings. The van der Waals surface area contributed by atoms with Crippen molar-refractivity contribution >= 4 is 16.3 Å². The lowest BCUT2D eigenvalue weighted by Gasteiger charge is -2.33. The van der Waals surface area contributed by atoms with E-state index in [1.54, 1.807) is 0 Å². The summed E-state index contributed by atoms with van der Waals surface area (Å²) in [4.78, 5) is 12.4. The minimum atomic E-state index is -3.64. The number of carbonyl (C=O) groups is 1. The summed E-state index contributed by atoms with van der Waals surface area (Å²) in [5, 5.41) is 14.0. The van der Waals surface area contributed by atoms with Gasteiger partial charge in [0, 0.05) is 25.7 Å². The van der Waals surface area contributed by atoms with Crippen molar-refractivity contribution in [1.29, 1.82) is 0 Å². The molecule has 0 aliphatic rings. The number of hydrogen-bond donors (Lipinski definition) is 2. The molecular weight excluding hydrogens is 258 g/mol. The van der Waals surface area contributed by atoms with Gasteiger partial charge in [-0.05, 0) is 33.6 Å². The van der Waals surface area contributed by atoms with E-state index in [9.17, 15) is 13.2 Å². The standard InChI is InChI=1S/C10H23N3O4S/c1-10(2,3)13(9(14)15)8-6-5-7-12(4)18(11,16)17/h5-8H2,1-4H3,(H,14,15)(H2,11,16,17). The van der Waals surface area contributed by atoms with Gasteiger partial charge in [-0.1, -0.05) is 0 Å². The molecule has 108 valence electrons. The smallest absolute Gasteiger partial charge is 0.407 e. The monoisotopic (exact) mass is 281 g/mol. The van der Waals surface area contributed by atoms with Crippen molar-refractivity contribution in [3.63, 3.8) is 0 Å². The molecule has 18 heavy (non-hydrogen) atoms. The Balaban J connectivity index is 4.15. The van der Waals surface area contributed by atoms with E-state index >= 15 is 0 Å². The Hall–Kier alpha value is -0.860. The highest BCUT2D eigenvalue weighted by atomic mass is 32.2. The summed E-state index contributed by atoms with van der Waals surface area (Å²) in [5.41, 5.74) is -0.461. The second-order valence-electron chi connectivity index (χ2n) is 5.18. The zero-order valence-electron chi connectivity index (χ0n) is 11.4. The normalized spacial score (nSPS) is 12.8. The summed E-state index contributed by atoms with van der Waals surface area (Å²) in [6.45, 7) is 6.11. The summed E-state index contributed by atoms with van der Waals surface area (Å²) in [6, 6.07) is 0. The third-order valence-electron chi connectivity index (χ3n) is 2.58. The lowest BCUT2D eigenvalue weighted by molar-refractivity contribution is 0.0988. The van der Waals surface area contributed by atoms with Gasteiger partial charge in [0.25, 0.3) is 10.2 Å². The Morgan fingerprint density at radius 1 is 1.22 bits per heavy atom. The molecule has 0 radical (unpaired) electrons. The largest absolute Gasteiger partial charge is 0.465 e. The minimum Gasteiger partial charge on any atom is -0.465 e. The lowest BCUT2D eigenvalue weighted by atomic mass is 10.1. The van der Waals surface area contributed by atoms with E-state index in [0.29, 0.717) is 19.4 Å². The number of nitrogens with two attached hydrogens (primary N) is 1. The van der Waals surface area contributed by atoms with Gasteiger partial charge in [-0.2, -0.15) is 12.7 Å². The van der Waals surface area contributed by atoms with Crippen LogP contribution in [0.1, 0.15) is 33.6 Å². The van der Waals surface area contributed by atoms with Crippen molar-refractivity contribution in [3.8, 4) is 0 Å². The molecule has 3 N–H and O–H groups in total. The summed E-state index contributed by atoms with van der Waals surface area (Å²) < 4.78 is 22.9. The van der Waals surface area contributed by atoms with Crippen molar-refractivity contribution in [2.24, 2.45) is 5.14 Å². The van der Waals surface area contributed by atoms with Crippen LogP contribution >= 0.6 is 0 Å². The molecule has 8 heteroatoms. The van der Waals surface area contributed by atoms with Gasteiger partial charge >= 0.3 is 6.09 Å². The van der Waals surface area contributed by atoms with Crippen LogP contribution in [0.4, 0.5) is 4.79 Å². The molecule has 1 amide bonds. The second kappa shape index (κ2) is 6.35. The summed E-state index contributed by atoms with van der Waals surface area (Å²) in [7, 11) is -2.25. The molecule has 0 saturated heterocycles. The summed E-state index contributed by atoms with van der Waals surface area (Å²) >= 11 is 0. The van der Waals surface area contributed by atoms with E-state index in [0.717, 1.165) is 4.31 Å². The fraction of sp³-hybridized carbons (Fsp3) is 0.900. The number of hydrogen-bond acceptors (Lipinski definition) is 3. The predicted molar refractivity (Wildman–Crippen MR) is 69.5 cm³/mol. The highest BCUT2D eigenvalue weighted by Crippen LogP contribution is 2.14. The van der Waals surface area contributed by atoms with Crippen molar-refractivity contribution in [1.82, 2.24) is 9.21 Å². The van der Waals surface area contributed by atoms with Crippen LogP contribution in [0, 0.1) is 0 Å². The Morgan fingerprint density at radius 2 is 1.67 bits per heavy atom. The van der Waals surface area contributed by atoms with Crippen LogP contribution in [-0.4, -0.2) is 54.5 Å². The molecule has 0 rings (SSSR count). The van der Waals surface area contributed by atoms with Gasteiger partial charge in [0.05, 0.1) is 0 Å². The molecule has 0 unspecified atom stereocenters. The topological polar surface area (TPSA) is 104 Å². The summed E-state index contributed by atoms with van der Waals surface area (Å²) in [5.74, 6) is 0. The van der Waals surface area contributed by atoms with Crippen molar-refractivity contribution in [3.05, 3.63) is 0 Å². The number of carboxylic acid groups (broad SMARTS) is 1. The quantitative estimate of drug-likeness (QED) is 0.698. The maximum atomic E-state index is 11.0. The molecule has 0 bridgehead atoms. The Morgan fingerprint density at radius 3 is 2.00 bits per heavy atom. The van der Waals surface area contributed by atoms with Gasteiger partial charge in [-0.25, -0.2) is 9.93 Å². The van der Waals surface area contributed by atoms with E-state index in [-0.39, 0.29) is 6.54 Å². The first kappa shape index (κ1) is 17.1. The van der Waals surface area contributed by atoms with Crippen molar-refractivity contribution in [2.75, 3.05) is 20.1 Å². The number of nitrogens with zero attached hydrogens (tertiary/aromatic N) is 2. The molecule has 0 atom stereocenters. The van der Waals surface area contributed by atoms with E-state index in [4.69, 9.17) is 10.2 Å². The Bertz CT molecular complexity index is 375. The fourth-order valence-electron chi connectivity index (χ4n) is 1.45. The van der Waals surface area contributed by atoms with E-state index < -0.39 is 21.8 Å². The first-order chi connectivity index (χ1) is 7.96. The van der Waals surface area contributed by atoms with Crippen LogP contribution in [0.3, 0.4) is 0 Å². The second-order valence-corrected chi connectivity index (χ2v) is 6.83. The van der Waals surface area contributed by atoms with Gasteiger partial charge in [-0.3, -0.25) is 0 Å². The van der Waals surface area contributed by atoms with Crippen molar-refractivity contribution in [2.45, 2.75) is 39.2 Å². The van der Waals surface area contributed by atoms with Crippen molar-refractivity contribution < 1.29 is 18.3 Å². The van der Waals surface area contributed by atoms with E-state index in [1.807, 2.05) is 20.8 Å². The van der Waals surface area contributed by atoms with Crippen LogP contribution in [0.2, 0.25) is 0 Å². The first-order valence-corrected chi connectivity index (χ1v) is 7.21. The molecule has 0 aliphatic heterocycles. The van der Waals surface area contributed by atoms with Gasteiger partial charge in [0.15, 0.2) is 0 Å². The van der Waals surface area contributed by atoms with E-state index in [1.165, 1.54) is 11.9 Å². The number of unbranched alkanes of at least 4 members (excludes halogenated alkanes) is 1. The van der Waals surface area contributed by atoms with Crippen LogP contribution in [-0.2, 0) is 10.2 Å². The zero-order chi connectivity index (χ0) is 14.6. The maximum Gasteiger partial charge on any atom is 0.407 e. The highest BCUT2D eigenvalue weighted by molar-refractivity contribution is 7.86. The predicted octanol–water partition coefficient (Wildman–Crippen LogP) is 0.680. The van der Waals surface area contributed by atoms with E-state index in [2.05, 4.69) is 0 Å². The molecule has 0 saturated carbocycles. The zero-order valence-corrected chi connectivity index (χ0v) is 12.2. The third-order valence-corrected chi connectivity index (χ3v) is 3.63. The Kier molecular flexibility index (Phi) is 6.05. The first-order valence-electron chi connectivity index (χ1n) is 5.71. The molecule has 7 nitrogen and oxygen atoms in total. The SMILES string of the molecule is CN(CCCCN(C(=O)O)C(C)(C)C)S(N)(=O)=O. The fourth-order valence-corrected chi connectivity index (χ4v) is 1.83. The Labute approximate surface area is 109 Å². The molecule has 0 heterocycles. The van der Waals surface area contributed by atoms with Crippen LogP contribution in [0.15, 0.2) is 0 Å². The highest BCUT2D eigenvalue weighted by Gasteiger charge is 2.25. The molecule has 0 aromatic carbocycles. The molecular formula is C10H23N3O4S. The molecule has 0 aromatic heterocycles. The average molecular weight is 281 g/mol. The van der Waals surface area contributed by atoms with Crippen LogP contribution in [0.5, 0.6) is 0 Å². The molecule has 0 aromatic rings. The molecule has 0 spiro atoms. The number of amides is 1. The van der Waals surface area contributed by atoms with Gasteiger partial charge < -0.3 is 10.0 Å². The lowest BCUT2D eigenvalue weighted by Crippen LogP contribution is -2.45. The van der Waals surface area contributed by atoms with Gasteiger partial charge in [0.1, 0.15) is 0 Å². The number of rotatable bonds is 6. The third kappa shape index (κ3) is 6.18. The minimum absolute atomic E-state index is 0.288. The van der Waals surface area contributed by atoms with Crippen LogP contribution < -0.4 is 5.14 Å². The summed E-state index contributed by atoms with van der Waals surface area (Å²) in [6.07, 6.45) is 0.179. The maximum absolute atomic E-state index is 11.0.